The lowest BCUT2D eigenvalue weighted by Gasteiger charge is -2.20. The van der Waals surface area contributed by atoms with Crippen LogP contribution in [0.1, 0.15) is 18.5 Å². The van der Waals surface area contributed by atoms with Crippen molar-refractivity contribution in [1.82, 2.24) is 14.5 Å². The molecule has 19 heavy (non-hydrogen) atoms. The van der Waals surface area contributed by atoms with Gasteiger partial charge in [0, 0.05) is 7.05 Å². The van der Waals surface area contributed by atoms with E-state index < -0.39 is 26.6 Å². The van der Waals surface area contributed by atoms with E-state index in [0.717, 1.165) is 0 Å². The normalized spacial score (nSPS) is 18.6. The zero-order valence-electron chi connectivity index (χ0n) is 10.2. The third kappa shape index (κ3) is 2.18. The van der Waals surface area contributed by atoms with E-state index in [0.29, 0.717) is 0 Å². The highest BCUT2D eigenvalue weighted by atomic mass is 32.2. The number of nitrogens with two attached hydrogens (primary N) is 1. The lowest BCUT2D eigenvalue weighted by Crippen LogP contribution is -2.47. The maximum atomic E-state index is 12.8. The molecule has 108 valence electrons. The second-order valence-electron chi connectivity index (χ2n) is 4.61. The third-order valence-electron chi connectivity index (χ3n) is 3.20. The smallest absolute Gasteiger partial charge is 0.381 e. The van der Waals surface area contributed by atoms with Gasteiger partial charge in [0.15, 0.2) is 5.82 Å². The average molecular weight is 298 g/mol. The minimum absolute atomic E-state index is 0.183. The Morgan fingerprint density at radius 2 is 1.95 bits per heavy atom. The molecule has 0 unspecified atom stereocenters. The van der Waals surface area contributed by atoms with E-state index in [2.05, 4.69) is 5.10 Å². The molecule has 10 heteroatoms. The molecule has 1 fully saturated rings. The fourth-order valence-corrected chi connectivity index (χ4v) is 3.60. The number of nitrogens with zero attached hydrogens (tertiary/aromatic N) is 2. The predicted octanol–water partition coefficient (Wildman–Crippen LogP) is 0.684. The molecule has 0 amide bonds. The number of nitrogens with one attached hydrogen (secondary N) is 1. The van der Waals surface area contributed by atoms with Gasteiger partial charge in [0.25, 0.3) is 0 Å². The molecule has 0 spiro atoms. The Morgan fingerprint density at radius 1 is 1.42 bits per heavy atom. The van der Waals surface area contributed by atoms with E-state index in [9.17, 15) is 21.6 Å². The topological polar surface area (TPSA) is 90.0 Å². The van der Waals surface area contributed by atoms with Crippen LogP contribution in [0, 0.1) is 6.92 Å². The van der Waals surface area contributed by atoms with Gasteiger partial charge in [0.05, 0.1) is 5.69 Å². The van der Waals surface area contributed by atoms with Crippen molar-refractivity contribution in [2.45, 2.75) is 36.4 Å². The van der Waals surface area contributed by atoms with Crippen LogP contribution in [0.15, 0.2) is 4.90 Å². The fourth-order valence-electron chi connectivity index (χ4n) is 1.82. The van der Waals surface area contributed by atoms with E-state index in [1.54, 1.807) is 4.72 Å². The van der Waals surface area contributed by atoms with Gasteiger partial charge in [-0.05, 0) is 19.8 Å². The van der Waals surface area contributed by atoms with Crippen LogP contribution in [0.4, 0.5) is 19.0 Å². The Balaban J connectivity index is 2.40. The minimum Gasteiger partial charge on any atom is -0.381 e. The Morgan fingerprint density at radius 3 is 2.26 bits per heavy atom. The summed E-state index contributed by atoms with van der Waals surface area (Å²) >= 11 is 0. The highest BCUT2D eigenvalue weighted by Crippen LogP contribution is 2.49. The maximum Gasteiger partial charge on any atom is 0.407 e. The van der Waals surface area contributed by atoms with Gasteiger partial charge in [0.1, 0.15) is 10.4 Å². The summed E-state index contributed by atoms with van der Waals surface area (Å²) in [5.41, 5.74) is 3.27. The molecule has 0 bridgehead atoms. The van der Waals surface area contributed by atoms with Crippen molar-refractivity contribution < 1.29 is 21.6 Å². The summed E-state index contributed by atoms with van der Waals surface area (Å²) in [6.07, 6.45) is -5.16. The van der Waals surface area contributed by atoms with Crippen molar-refractivity contribution >= 4 is 15.8 Å². The molecule has 0 aliphatic heterocycles. The standard InChI is InChI=1S/C9H13F3N4O2S/c1-5-6(7(13)14-16(5)2)19(17,18)15-8(3-4-8)9(10,11)12/h15H,3-4H2,1-2H3,(H2,13,14). The Bertz CT molecular complexity index is 616. The summed E-state index contributed by atoms with van der Waals surface area (Å²) in [5.74, 6) is -0.314. The fraction of sp³-hybridized carbons (Fsp3) is 0.667. The minimum atomic E-state index is -4.62. The molecule has 1 saturated carbocycles. The molecular formula is C9H13F3N4O2S. The van der Waals surface area contributed by atoms with Crippen LogP contribution in [0.2, 0.25) is 0 Å². The Kier molecular flexibility index (Phi) is 2.87. The lowest BCUT2D eigenvalue weighted by atomic mass is 10.3. The number of aromatic nitrogens is 2. The van der Waals surface area contributed by atoms with E-state index in [-0.39, 0.29) is 24.4 Å². The van der Waals surface area contributed by atoms with E-state index >= 15 is 0 Å². The molecule has 1 aliphatic carbocycles. The molecule has 1 aromatic rings. The molecule has 6 nitrogen and oxygen atoms in total. The van der Waals surface area contributed by atoms with Crippen molar-refractivity contribution in [3.05, 3.63) is 5.69 Å². The number of hydrogen-bond acceptors (Lipinski definition) is 4. The molecule has 2 rings (SSSR count). The third-order valence-corrected chi connectivity index (χ3v) is 4.90. The zero-order chi connectivity index (χ0) is 14.6. The number of alkyl halides is 3. The molecule has 3 N–H and O–H groups in total. The highest BCUT2D eigenvalue weighted by molar-refractivity contribution is 7.89. The second kappa shape index (κ2) is 3.85. The first-order valence-electron chi connectivity index (χ1n) is 5.40. The van der Waals surface area contributed by atoms with Crippen LogP contribution >= 0.6 is 0 Å². The maximum absolute atomic E-state index is 12.8. The summed E-state index contributed by atoms with van der Waals surface area (Å²) in [7, 11) is -2.90. The Labute approximate surface area is 107 Å². The molecular weight excluding hydrogens is 285 g/mol. The van der Waals surface area contributed by atoms with Crippen LogP contribution in [0.3, 0.4) is 0 Å². The first kappa shape index (κ1) is 14.1. The molecule has 0 saturated heterocycles. The number of anilines is 1. The van der Waals surface area contributed by atoms with Crippen LogP contribution in [-0.4, -0.2) is 29.9 Å². The van der Waals surface area contributed by atoms with E-state index in [4.69, 9.17) is 5.73 Å². The van der Waals surface area contributed by atoms with Crippen molar-refractivity contribution in [1.29, 1.82) is 0 Å². The van der Waals surface area contributed by atoms with Gasteiger partial charge in [-0.3, -0.25) is 4.68 Å². The summed E-state index contributed by atoms with van der Waals surface area (Å²) in [4.78, 5) is -0.398. The largest absolute Gasteiger partial charge is 0.407 e. The lowest BCUT2D eigenvalue weighted by molar-refractivity contribution is -0.160. The number of nitrogen functional groups attached to an aromatic ring is 1. The quantitative estimate of drug-likeness (QED) is 0.859. The second-order valence-corrected chi connectivity index (χ2v) is 6.23. The molecule has 1 aliphatic rings. The SMILES string of the molecule is Cc1c(S(=O)(=O)NC2(C(F)(F)F)CC2)c(N)nn1C. The van der Waals surface area contributed by atoms with Crippen LogP contribution < -0.4 is 10.5 Å². The van der Waals surface area contributed by atoms with Crippen molar-refractivity contribution in [2.75, 3.05) is 5.73 Å². The highest BCUT2D eigenvalue weighted by Gasteiger charge is 2.65. The predicted molar refractivity (Wildman–Crippen MR) is 60.7 cm³/mol. The van der Waals surface area contributed by atoms with Gasteiger partial charge in [-0.2, -0.15) is 23.0 Å². The van der Waals surface area contributed by atoms with Gasteiger partial charge >= 0.3 is 6.18 Å². The summed E-state index contributed by atoms with van der Waals surface area (Å²) < 4.78 is 65.3. The summed E-state index contributed by atoms with van der Waals surface area (Å²) in [5, 5.41) is 3.68. The average Bonchev–Trinajstić information content (AvgIpc) is 2.90. The van der Waals surface area contributed by atoms with Gasteiger partial charge in [-0.1, -0.05) is 0 Å². The van der Waals surface area contributed by atoms with Crippen LogP contribution in [-0.2, 0) is 17.1 Å². The summed E-state index contributed by atoms with van der Waals surface area (Å²) in [6, 6.07) is 0. The molecule has 1 aromatic heterocycles. The molecule has 1 heterocycles. The van der Waals surface area contributed by atoms with E-state index in [1.807, 2.05) is 0 Å². The van der Waals surface area contributed by atoms with Crippen molar-refractivity contribution in [2.24, 2.45) is 7.05 Å². The first-order valence-corrected chi connectivity index (χ1v) is 6.88. The number of halogens is 3. The zero-order valence-corrected chi connectivity index (χ0v) is 11.1. The van der Waals surface area contributed by atoms with Gasteiger partial charge in [-0.25, -0.2) is 8.42 Å². The van der Waals surface area contributed by atoms with Gasteiger partial charge < -0.3 is 5.73 Å². The molecule has 0 atom stereocenters. The first-order chi connectivity index (χ1) is 8.50. The molecule has 0 radical (unpaired) electrons. The van der Waals surface area contributed by atoms with Gasteiger partial charge in [0.2, 0.25) is 10.0 Å². The summed E-state index contributed by atoms with van der Waals surface area (Å²) in [6.45, 7) is 1.42. The molecule has 0 aromatic carbocycles. The Hall–Kier alpha value is -1.29. The van der Waals surface area contributed by atoms with Crippen molar-refractivity contribution in [3.8, 4) is 0 Å². The number of sulfonamides is 1. The van der Waals surface area contributed by atoms with Crippen molar-refractivity contribution in [3.63, 3.8) is 0 Å². The number of hydrogen-bond donors (Lipinski definition) is 2. The van der Waals surface area contributed by atoms with E-state index in [1.165, 1.54) is 18.7 Å². The number of rotatable bonds is 3. The van der Waals surface area contributed by atoms with Crippen LogP contribution in [0.25, 0.3) is 0 Å². The number of aryl methyl sites for hydroxylation is 1. The van der Waals surface area contributed by atoms with Gasteiger partial charge in [-0.15, -0.1) is 0 Å². The van der Waals surface area contributed by atoms with Crippen LogP contribution in [0.5, 0.6) is 0 Å². The monoisotopic (exact) mass is 298 g/mol.